The molecule has 0 N–H and O–H groups in total. The Kier molecular flexibility index (Phi) is 3.64. The molecule has 1 rings (SSSR count). The second-order valence-electron chi connectivity index (χ2n) is 3.97. The molecule has 2 heteroatoms. The van der Waals surface area contributed by atoms with Gasteiger partial charge in [-0.1, -0.05) is 27.2 Å². The van der Waals surface area contributed by atoms with Crippen molar-refractivity contribution in [2.45, 2.75) is 40.0 Å². The SMILES string of the molecule is CCC(C)C(C)C(=O)C1=NCCC1. The number of aliphatic imine (C=N–C) groups is 1. The van der Waals surface area contributed by atoms with Gasteiger partial charge in [0, 0.05) is 12.5 Å². The first kappa shape index (κ1) is 10.4. The fraction of sp³-hybridized carbons (Fsp3) is 0.818. The molecule has 0 aromatic carbocycles. The molecule has 1 aliphatic rings. The minimum Gasteiger partial charge on any atom is -0.293 e. The summed E-state index contributed by atoms with van der Waals surface area (Å²) >= 11 is 0. The summed E-state index contributed by atoms with van der Waals surface area (Å²) in [5, 5.41) is 0. The van der Waals surface area contributed by atoms with Crippen LogP contribution in [0.4, 0.5) is 0 Å². The third kappa shape index (κ3) is 2.39. The van der Waals surface area contributed by atoms with Crippen LogP contribution in [0.25, 0.3) is 0 Å². The Bertz CT molecular complexity index is 220. The zero-order valence-electron chi connectivity index (χ0n) is 8.84. The zero-order valence-corrected chi connectivity index (χ0v) is 8.84. The van der Waals surface area contributed by atoms with E-state index in [-0.39, 0.29) is 11.7 Å². The van der Waals surface area contributed by atoms with Gasteiger partial charge in [0.15, 0.2) is 5.78 Å². The summed E-state index contributed by atoms with van der Waals surface area (Å²) in [6.07, 6.45) is 3.04. The molecule has 0 radical (unpaired) electrons. The van der Waals surface area contributed by atoms with Crippen LogP contribution in [0.15, 0.2) is 4.99 Å². The fourth-order valence-corrected chi connectivity index (χ4v) is 1.62. The van der Waals surface area contributed by atoms with Crippen molar-refractivity contribution in [3.05, 3.63) is 0 Å². The fourth-order valence-electron chi connectivity index (χ4n) is 1.62. The van der Waals surface area contributed by atoms with E-state index in [1.165, 1.54) is 0 Å². The molecule has 2 atom stereocenters. The van der Waals surface area contributed by atoms with Crippen molar-refractivity contribution in [3.63, 3.8) is 0 Å². The van der Waals surface area contributed by atoms with Crippen LogP contribution >= 0.6 is 0 Å². The molecular weight excluding hydrogens is 162 g/mol. The molecule has 0 spiro atoms. The highest BCUT2D eigenvalue weighted by Crippen LogP contribution is 2.18. The molecule has 0 fully saturated rings. The van der Waals surface area contributed by atoms with Crippen LogP contribution in [0.5, 0.6) is 0 Å². The van der Waals surface area contributed by atoms with Gasteiger partial charge >= 0.3 is 0 Å². The van der Waals surface area contributed by atoms with Gasteiger partial charge in [-0.05, 0) is 18.8 Å². The van der Waals surface area contributed by atoms with Crippen LogP contribution < -0.4 is 0 Å². The van der Waals surface area contributed by atoms with E-state index >= 15 is 0 Å². The number of ketones is 1. The van der Waals surface area contributed by atoms with E-state index in [1.807, 2.05) is 6.92 Å². The Hall–Kier alpha value is -0.660. The number of hydrogen-bond donors (Lipinski definition) is 0. The number of carbonyl (C=O) groups excluding carboxylic acids is 1. The van der Waals surface area contributed by atoms with Gasteiger partial charge in [-0.15, -0.1) is 0 Å². The standard InChI is InChI=1S/C11H19NO/c1-4-8(2)9(3)11(13)10-6-5-7-12-10/h8-9H,4-7H2,1-3H3. The predicted molar refractivity (Wildman–Crippen MR) is 55.2 cm³/mol. The van der Waals surface area contributed by atoms with E-state index in [1.54, 1.807) is 0 Å². The predicted octanol–water partition coefficient (Wildman–Crippen LogP) is 2.47. The van der Waals surface area contributed by atoms with Crippen LogP contribution in [0, 0.1) is 11.8 Å². The van der Waals surface area contributed by atoms with E-state index in [4.69, 9.17) is 0 Å². The van der Waals surface area contributed by atoms with Crippen molar-refractivity contribution in [3.8, 4) is 0 Å². The summed E-state index contributed by atoms with van der Waals surface area (Å²) in [7, 11) is 0. The monoisotopic (exact) mass is 181 g/mol. The number of Topliss-reactive ketones (excluding diaryl/α,β-unsaturated/α-hetero) is 1. The van der Waals surface area contributed by atoms with Gasteiger partial charge < -0.3 is 0 Å². The molecule has 13 heavy (non-hydrogen) atoms. The first-order valence-corrected chi connectivity index (χ1v) is 5.24. The van der Waals surface area contributed by atoms with Gasteiger partial charge in [0.25, 0.3) is 0 Å². The Balaban J connectivity index is 2.56. The summed E-state index contributed by atoms with van der Waals surface area (Å²) in [5.41, 5.74) is 0.841. The van der Waals surface area contributed by atoms with Crippen molar-refractivity contribution >= 4 is 11.5 Å². The summed E-state index contributed by atoms with van der Waals surface area (Å²) < 4.78 is 0. The van der Waals surface area contributed by atoms with Gasteiger partial charge in [-0.3, -0.25) is 9.79 Å². The van der Waals surface area contributed by atoms with E-state index in [2.05, 4.69) is 18.8 Å². The highest BCUT2D eigenvalue weighted by atomic mass is 16.1. The highest BCUT2D eigenvalue weighted by Gasteiger charge is 2.24. The number of carbonyl (C=O) groups is 1. The Morgan fingerprint density at radius 2 is 2.23 bits per heavy atom. The van der Waals surface area contributed by atoms with E-state index in [0.29, 0.717) is 5.92 Å². The van der Waals surface area contributed by atoms with Gasteiger partial charge in [-0.25, -0.2) is 0 Å². The van der Waals surface area contributed by atoms with E-state index in [0.717, 1.165) is 31.5 Å². The summed E-state index contributed by atoms with van der Waals surface area (Å²) in [4.78, 5) is 16.1. The van der Waals surface area contributed by atoms with Gasteiger partial charge in [-0.2, -0.15) is 0 Å². The molecule has 0 aromatic heterocycles. The first-order chi connectivity index (χ1) is 6.16. The number of rotatable bonds is 4. The van der Waals surface area contributed by atoms with Crippen LogP contribution in [-0.4, -0.2) is 18.0 Å². The van der Waals surface area contributed by atoms with Crippen LogP contribution in [0.3, 0.4) is 0 Å². The second-order valence-corrected chi connectivity index (χ2v) is 3.97. The molecule has 0 saturated carbocycles. The lowest BCUT2D eigenvalue weighted by atomic mass is 9.87. The second kappa shape index (κ2) is 4.54. The molecule has 0 saturated heterocycles. The quantitative estimate of drug-likeness (QED) is 0.655. The molecule has 2 nitrogen and oxygen atoms in total. The Morgan fingerprint density at radius 3 is 2.69 bits per heavy atom. The van der Waals surface area contributed by atoms with Crippen molar-refractivity contribution in [2.24, 2.45) is 16.8 Å². The zero-order chi connectivity index (χ0) is 9.84. The number of nitrogens with zero attached hydrogens (tertiary/aromatic N) is 1. The van der Waals surface area contributed by atoms with Crippen molar-refractivity contribution in [2.75, 3.05) is 6.54 Å². The van der Waals surface area contributed by atoms with Crippen molar-refractivity contribution in [1.29, 1.82) is 0 Å². The third-order valence-corrected chi connectivity index (χ3v) is 3.07. The number of hydrogen-bond acceptors (Lipinski definition) is 2. The average Bonchev–Trinajstić information content (AvgIpc) is 2.67. The molecule has 0 aliphatic carbocycles. The van der Waals surface area contributed by atoms with Gasteiger partial charge in [0.1, 0.15) is 0 Å². The average molecular weight is 181 g/mol. The van der Waals surface area contributed by atoms with E-state index in [9.17, 15) is 4.79 Å². The summed E-state index contributed by atoms with van der Waals surface area (Å²) in [5.74, 6) is 0.921. The first-order valence-electron chi connectivity index (χ1n) is 5.24. The van der Waals surface area contributed by atoms with E-state index < -0.39 is 0 Å². The minimum atomic E-state index is 0.154. The maximum Gasteiger partial charge on any atom is 0.179 e. The highest BCUT2D eigenvalue weighted by molar-refractivity contribution is 6.40. The smallest absolute Gasteiger partial charge is 0.179 e. The van der Waals surface area contributed by atoms with Crippen molar-refractivity contribution < 1.29 is 4.79 Å². The van der Waals surface area contributed by atoms with Crippen LogP contribution in [0.1, 0.15) is 40.0 Å². The van der Waals surface area contributed by atoms with Gasteiger partial charge in [0.05, 0.1) is 5.71 Å². The molecule has 74 valence electrons. The Morgan fingerprint density at radius 1 is 1.54 bits per heavy atom. The molecule has 0 bridgehead atoms. The topological polar surface area (TPSA) is 29.4 Å². The molecular formula is C11H19NO. The largest absolute Gasteiger partial charge is 0.293 e. The lowest BCUT2D eigenvalue weighted by Crippen LogP contribution is -2.25. The molecule has 1 heterocycles. The molecule has 1 aliphatic heterocycles. The lowest BCUT2D eigenvalue weighted by molar-refractivity contribution is -0.117. The Labute approximate surface area is 80.4 Å². The minimum absolute atomic E-state index is 0.154. The molecule has 2 unspecified atom stereocenters. The summed E-state index contributed by atoms with van der Waals surface area (Å²) in [6.45, 7) is 7.15. The molecule has 0 aromatic rings. The maximum atomic E-state index is 11.8. The maximum absolute atomic E-state index is 11.8. The third-order valence-electron chi connectivity index (χ3n) is 3.07. The van der Waals surface area contributed by atoms with Crippen LogP contribution in [-0.2, 0) is 4.79 Å². The van der Waals surface area contributed by atoms with Gasteiger partial charge in [0.2, 0.25) is 0 Å². The van der Waals surface area contributed by atoms with Crippen molar-refractivity contribution in [1.82, 2.24) is 0 Å². The summed E-state index contributed by atoms with van der Waals surface area (Å²) in [6, 6.07) is 0. The normalized spacial score (nSPS) is 21.0. The van der Waals surface area contributed by atoms with Crippen LogP contribution in [0.2, 0.25) is 0 Å². The molecule has 0 amide bonds. The lowest BCUT2D eigenvalue weighted by Gasteiger charge is -2.16.